The lowest BCUT2D eigenvalue weighted by atomic mass is 9.91. The minimum absolute atomic E-state index is 0.328. The summed E-state index contributed by atoms with van der Waals surface area (Å²) in [4.78, 5) is 14.3. The van der Waals surface area contributed by atoms with Crippen molar-refractivity contribution in [3.05, 3.63) is 0 Å². The minimum Gasteiger partial charge on any atom is -0.480 e. The highest BCUT2D eigenvalue weighted by Gasteiger charge is 2.52. The van der Waals surface area contributed by atoms with Gasteiger partial charge in [0.15, 0.2) is 0 Å². The van der Waals surface area contributed by atoms with Crippen molar-refractivity contribution in [1.82, 2.24) is 10.2 Å². The van der Waals surface area contributed by atoms with Gasteiger partial charge in [0, 0.05) is 12.6 Å². The molecule has 4 heteroatoms. The van der Waals surface area contributed by atoms with Crippen molar-refractivity contribution >= 4 is 5.97 Å². The molecule has 1 atom stereocenters. The van der Waals surface area contributed by atoms with Crippen molar-refractivity contribution in [3.8, 4) is 0 Å². The highest BCUT2D eigenvalue weighted by molar-refractivity contribution is 5.80. The van der Waals surface area contributed by atoms with E-state index in [9.17, 15) is 9.90 Å². The fourth-order valence-electron chi connectivity index (χ4n) is 3.01. The Balaban J connectivity index is 2.08. The van der Waals surface area contributed by atoms with Crippen LogP contribution in [0.25, 0.3) is 0 Å². The van der Waals surface area contributed by atoms with E-state index in [4.69, 9.17) is 0 Å². The van der Waals surface area contributed by atoms with Crippen LogP contribution in [0.4, 0.5) is 0 Å². The first-order valence-electron chi connectivity index (χ1n) is 7.86. The van der Waals surface area contributed by atoms with Gasteiger partial charge in [-0.25, -0.2) is 0 Å². The molecule has 0 aromatic heterocycles. The summed E-state index contributed by atoms with van der Waals surface area (Å²) < 4.78 is 0. The van der Waals surface area contributed by atoms with E-state index in [-0.39, 0.29) is 0 Å². The quantitative estimate of drug-likeness (QED) is 0.637. The summed E-state index contributed by atoms with van der Waals surface area (Å²) in [6.07, 6.45) is 6.70. The second kappa shape index (κ2) is 6.23. The van der Waals surface area contributed by atoms with Gasteiger partial charge in [0.25, 0.3) is 0 Å². The lowest BCUT2D eigenvalue weighted by molar-refractivity contribution is -0.147. The maximum absolute atomic E-state index is 11.9. The maximum atomic E-state index is 11.9. The molecule has 0 aromatic carbocycles. The summed E-state index contributed by atoms with van der Waals surface area (Å²) in [6.45, 7) is 6.78. The maximum Gasteiger partial charge on any atom is 0.325 e. The molecular weight excluding hydrogens is 240 g/mol. The number of carboxylic acid groups (broad SMARTS) is 1. The Kier molecular flexibility index (Phi) is 4.85. The van der Waals surface area contributed by atoms with E-state index >= 15 is 0 Å². The molecule has 2 fully saturated rings. The van der Waals surface area contributed by atoms with E-state index in [2.05, 4.69) is 24.1 Å². The first kappa shape index (κ1) is 14.8. The Morgan fingerprint density at radius 1 is 1.26 bits per heavy atom. The predicted octanol–water partition coefficient (Wildman–Crippen LogP) is 2.09. The van der Waals surface area contributed by atoms with Gasteiger partial charge in [0.2, 0.25) is 0 Å². The zero-order valence-corrected chi connectivity index (χ0v) is 12.3. The molecule has 0 aliphatic heterocycles. The third kappa shape index (κ3) is 3.48. The van der Waals surface area contributed by atoms with Crippen molar-refractivity contribution in [3.63, 3.8) is 0 Å². The Labute approximate surface area is 116 Å². The molecule has 2 N–H and O–H groups in total. The largest absolute Gasteiger partial charge is 0.480 e. The number of nitrogens with one attached hydrogen (secondary N) is 1. The molecule has 0 amide bonds. The van der Waals surface area contributed by atoms with Crippen molar-refractivity contribution in [2.24, 2.45) is 5.92 Å². The van der Waals surface area contributed by atoms with Crippen LogP contribution in [0.3, 0.4) is 0 Å². The van der Waals surface area contributed by atoms with Gasteiger partial charge in [-0.3, -0.25) is 9.69 Å². The lowest BCUT2D eigenvalue weighted by Gasteiger charge is -2.36. The zero-order chi connectivity index (χ0) is 13.9. The van der Waals surface area contributed by atoms with E-state index in [0.717, 1.165) is 38.8 Å². The van der Waals surface area contributed by atoms with Gasteiger partial charge in [-0.1, -0.05) is 13.8 Å². The van der Waals surface area contributed by atoms with Crippen LogP contribution in [-0.2, 0) is 4.79 Å². The van der Waals surface area contributed by atoms with E-state index < -0.39 is 11.5 Å². The molecule has 110 valence electrons. The Morgan fingerprint density at radius 3 is 2.37 bits per heavy atom. The zero-order valence-electron chi connectivity index (χ0n) is 12.3. The molecule has 4 nitrogen and oxygen atoms in total. The molecule has 2 aliphatic carbocycles. The summed E-state index contributed by atoms with van der Waals surface area (Å²) in [5.74, 6) is -0.320. The molecule has 0 bridgehead atoms. The number of carboxylic acids is 1. The smallest absolute Gasteiger partial charge is 0.325 e. The average Bonchev–Trinajstić information content (AvgIpc) is 3.25. The SMILES string of the molecule is CCCNC(CN(CCC)C1CC1)(C(=O)O)C1CC1. The number of hydrogen-bond donors (Lipinski definition) is 2. The van der Waals surface area contributed by atoms with E-state index in [1.807, 2.05) is 0 Å². The van der Waals surface area contributed by atoms with Crippen LogP contribution in [0.2, 0.25) is 0 Å². The fourth-order valence-corrected chi connectivity index (χ4v) is 3.01. The highest BCUT2D eigenvalue weighted by Crippen LogP contribution is 2.42. The number of nitrogens with zero attached hydrogens (tertiary/aromatic N) is 1. The van der Waals surface area contributed by atoms with Gasteiger partial charge in [-0.05, 0) is 57.5 Å². The molecule has 1 unspecified atom stereocenters. The first-order chi connectivity index (χ1) is 9.14. The van der Waals surface area contributed by atoms with Crippen LogP contribution in [-0.4, -0.2) is 47.2 Å². The number of aliphatic carboxylic acids is 1. The normalized spacial score (nSPS) is 22.5. The molecule has 0 radical (unpaired) electrons. The summed E-state index contributed by atoms with van der Waals surface area (Å²) >= 11 is 0. The van der Waals surface area contributed by atoms with Gasteiger partial charge < -0.3 is 10.4 Å². The molecule has 2 rings (SSSR count). The first-order valence-corrected chi connectivity index (χ1v) is 7.86. The second-order valence-corrected chi connectivity index (χ2v) is 6.18. The Morgan fingerprint density at radius 2 is 1.95 bits per heavy atom. The predicted molar refractivity (Wildman–Crippen MR) is 76.3 cm³/mol. The van der Waals surface area contributed by atoms with Gasteiger partial charge in [0.05, 0.1) is 0 Å². The lowest BCUT2D eigenvalue weighted by Crippen LogP contribution is -2.61. The second-order valence-electron chi connectivity index (χ2n) is 6.18. The van der Waals surface area contributed by atoms with Crippen molar-refractivity contribution in [1.29, 1.82) is 0 Å². The molecule has 2 saturated carbocycles. The third-order valence-corrected chi connectivity index (χ3v) is 4.37. The van der Waals surface area contributed by atoms with Gasteiger partial charge >= 0.3 is 5.97 Å². The number of carbonyl (C=O) groups is 1. The molecule has 0 heterocycles. The minimum atomic E-state index is -0.701. The van der Waals surface area contributed by atoms with E-state index in [1.54, 1.807) is 0 Å². The summed E-state index contributed by atoms with van der Waals surface area (Å²) in [5, 5.41) is 13.2. The Bertz CT molecular complexity index is 313. The summed E-state index contributed by atoms with van der Waals surface area (Å²) in [7, 11) is 0. The number of rotatable bonds is 10. The molecule has 2 aliphatic rings. The monoisotopic (exact) mass is 268 g/mol. The average molecular weight is 268 g/mol. The standard InChI is InChI=1S/C15H28N2O2/c1-3-9-16-15(14(18)19,12-5-6-12)11-17(10-4-2)13-7-8-13/h12-13,16H,3-11H2,1-2H3,(H,18,19). The van der Waals surface area contributed by atoms with Crippen LogP contribution >= 0.6 is 0 Å². The summed E-state index contributed by atoms with van der Waals surface area (Å²) in [5.41, 5.74) is -0.701. The number of hydrogen-bond acceptors (Lipinski definition) is 3. The molecule has 0 aromatic rings. The van der Waals surface area contributed by atoms with Crippen LogP contribution in [0, 0.1) is 5.92 Å². The van der Waals surface area contributed by atoms with Crippen LogP contribution in [0.1, 0.15) is 52.4 Å². The summed E-state index contributed by atoms with van der Waals surface area (Å²) in [6, 6.07) is 0.640. The topological polar surface area (TPSA) is 52.6 Å². The van der Waals surface area contributed by atoms with Crippen molar-refractivity contribution in [2.45, 2.75) is 64.0 Å². The molecule has 0 saturated heterocycles. The van der Waals surface area contributed by atoms with Crippen LogP contribution < -0.4 is 5.32 Å². The highest BCUT2D eigenvalue weighted by atomic mass is 16.4. The van der Waals surface area contributed by atoms with E-state index in [1.165, 1.54) is 12.8 Å². The van der Waals surface area contributed by atoms with Gasteiger partial charge in [-0.15, -0.1) is 0 Å². The molecule has 0 spiro atoms. The molecular formula is C15H28N2O2. The van der Waals surface area contributed by atoms with Crippen molar-refractivity contribution in [2.75, 3.05) is 19.6 Å². The van der Waals surface area contributed by atoms with Crippen LogP contribution in [0.15, 0.2) is 0 Å². The van der Waals surface area contributed by atoms with Gasteiger partial charge in [0.1, 0.15) is 5.54 Å². The molecule has 19 heavy (non-hydrogen) atoms. The fraction of sp³-hybridized carbons (Fsp3) is 0.933. The van der Waals surface area contributed by atoms with Crippen molar-refractivity contribution < 1.29 is 9.90 Å². The van der Waals surface area contributed by atoms with Crippen LogP contribution in [0.5, 0.6) is 0 Å². The third-order valence-electron chi connectivity index (χ3n) is 4.37. The Hall–Kier alpha value is -0.610. The van der Waals surface area contributed by atoms with Gasteiger partial charge in [-0.2, -0.15) is 0 Å². The van der Waals surface area contributed by atoms with E-state index in [0.29, 0.717) is 18.5 Å².